The van der Waals surface area contributed by atoms with Gasteiger partial charge in [0.1, 0.15) is 12.2 Å². The highest BCUT2D eigenvalue weighted by Crippen LogP contribution is 2.34. The third kappa shape index (κ3) is 3.25. The Labute approximate surface area is 128 Å². The number of phenolic OH excluding ortho intramolecular Hbond substituents is 1. The molecule has 1 N–H and O–H groups in total. The number of hydrogen-bond donors (Lipinski definition) is 1. The Balaban J connectivity index is 2.33. The van der Waals surface area contributed by atoms with Crippen LogP contribution in [0.5, 0.6) is 11.5 Å². The van der Waals surface area contributed by atoms with E-state index < -0.39 is 11.7 Å². The first kappa shape index (κ1) is 15.6. The van der Waals surface area contributed by atoms with Crippen molar-refractivity contribution in [3.8, 4) is 11.5 Å². The third-order valence-electron chi connectivity index (χ3n) is 3.15. The standard InChI is InChI=1S/C17H16O5/c1-11(18)13-8-9-14(16(19)15(13)17(20)21-2)22-10-12-6-4-3-5-7-12/h3-9,19H,10H2,1-2H3. The zero-order chi connectivity index (χ0) is 16.1. The molecule has 0 atom stereocenters. The minimum Gasteiger partial charge on any atom is -0.504 e. The lowest BCUT2D eigenvalue weighted by molar-refractivity contribution is 0.0592. The molecule has 0 amide bonds. The summed E-state index contributed by atoms with van der Waals surface area (Å²) in [5.74, 6) is -1.40. The van der Waals surface area contributed by atoms with E-state index in [-0.39, 0.29) is 29.3 Å². The van der Waals surface area contributed by atoms with Crippen LogP contribution in [0.4, 0.5) is 0 Å². The summed E-state index contributed by atoms with van der Waals surface area (Å²) < 4.78 is 10.1. The van der Waals surface area contributed by atoms with E-state index in [2.05, 4.69) is 4.74 Å². The highest BCUT2D eigenvalue weighted by Gasteiger charge is 2.23. The molecule has 2 aromatic rings. The van der Waals surface area contributed by atoms with Crippen LogP contribution in [0.25, 0.3) is 0 Å². The van der Waals surface area contributed by atoms with E-state index >= 15 is 0 Å². The Hall–Kier alpha value is -2.82. The Kier molecular flexibility index (Phi) is 4.78. The van der Waals surface area contributed by atoms with Crippen LogP contribution in [0, 0.1) is 0 Å². The average Bonchev–Trinajstić information content (AvgIpc) is 2.53. The van der Waals surface area contributed by atoms with Crippen LogP contribution in [-0.4, -0.2) is 24.0 Å². The molecule has 0 aliphatic heterocycles. The normalized spacial score (nSPS) is 10.1. The molecule has 0 aliphatic rings. The Morgan fingerprint density at radius 3 is 2.36 bits per heavy atom. The molecule has 0 radical (unpaired) electrons. The van der Waals surface area contributed by atoms with Gasteiger partial charge in [0.15, 0.2) is 17.3 Å². The molecule has 0 unspecified atom stereocenters. The molecule has 0 aliphatic carbocycles. The number of ketones is 1. The number of methoxy groups -OCH3 is 1. The number of carbonyl (C=O) groups is 2. The number of esters is 1. The predicted octanol–water partition coefficient (Wildman–Crippen LogP) is 2.96. The van der Waals surface area contributed by atoms with Crippen molar-refractivity contribution >= 4 is 11.8 Å². The van der Waals surface area contributed by atoms with Gasteiger partial charge in [0.05, 0.1) is 7.11 Å². The van der Waals surface area contributed by atoms with Crippen molar-refractivity contribution in [2.24, 2.45) is 0 Å². The van der Waals surface area contributed by atoms with Crippen LogP contribution in [-0.2, 0) is 11.3 Å². The van der Waals surface area contributed by atoms with Crippen molar-refractivity contribution < 1.29 is 24.2 Å². The van der Waals surface area contributed by atoms with Crippen LogP contribution in [0.3, 0.4) is 0 Å². The van der Waals surface area contributed by atoms with Crippen LogP contribution in [0.15, 0.2) is 42.5 Å². The van der Waals surface area contributed by atoms with E-state index in [1.165, 1.54) is 26.2 Å². The first-order chi connectivity index (χ1) is 10.5. The topological polar surface area (TPSA) is 72.8 Å². The number of rotatable bonds is 5. The number of aromatic hydroxyl groups is 1. The van der Waals surface area contributed by atoms with Crippen LogP contribution >= 0.6 is 0 Å². The number of ether oxygens (including phenoxy) is 2. The largest absolute Gasteiger partial charge is 0.504 e. The molecule has 5 heteroatoms. The van der Waals surface area contributed by atoms with Gasteiger partial charge >= 0.3 is 5.97 Å². The lowest BCUT2D eigenvalue weighted by atomic mass is 10.0. The van der Waals surface area contributed by atoms with Crippen molar-refractivity contribution in [2.45, 2.75) is 13.5 Å². The Bertz CT molecular complexity index is 692. The van der Waals surface area contributed by atoms with Crippen molar-refractivity contribution in [2.75, 3.05) is 7.11 Å². The van der Waals surface area contributed by atoms with E-state index in [4.69, 9.17) is 4.74 Å². The van der Waals surface area contributed by atoms with Crippen molar-refractivity contribution in [1.29, 1.82) is 0 Å². The molecule has 0 bridgehead atoms. The van der Waals surface area contributed by atoms with Crippen LogP contribution in [0.2, 0.25) is 0 Å². The van der Waals surface area contributed by atoms with Gasteiger partial charge in [-0.3, -0.25) is 4.79 Å². The molecule has 0 aromatic heterocycles. The lowest BCUT2D eigenvalue weighted by Gasteiger charge is -2.13. The zero-order valence-corrected chi connectivity index (χ0v) is 12.3. The van der Waals surface area contributed by atoms with Crippen LogP contribution in [0.1, 0.15) is 33.2 Å². The van der Waals surface area contributed by atoms with E-state index in [0.29, 0.717) is 0 Å². The van der Waals surface area contributed by atoms with Gasteiger partial charge in [-0.15, -0.1) is 0 Å². The van der Waals surface area contributed by atoms with Crippen molar-refractivity contribution in [3.63, 3.8) is 0 Å². The van der Waals surface area contributed by atoms with Gasteiger partial charge in [-0.1, -0.05) is 30.3 Å². The fraction of sp³-hybridized carbons (Fsp3) is 0.176. The van der Waals surface area contributed by atoms with E-state index in [9.17, 15) is 14.7 Å². The molecule has 22 heavy (non-hydrogen) atoms. The van der Waals surface area contributed by atoms with Crippen molar-refractivity contribution in [1.82, 2.24) is 0 Å². The molecule has 2 rings (SSSR count). The lowest BCUT2D eigenvalue weighted by Crippen LogP contribution is -2.10. The zero-order valence-electron chi connectivity index (χ0n) is 12.3. The minimum absolute atomic E-state index is 0.0939. The summed E-state index contributed by atoms with van der Waals surface area (Å²) in [6, 6.07) is 12.3. The summed E-state index contributed by atoms with van der Waals surface area (Å²) in [6.45, 7) is 1.54. The second-order valence-corrected chi connectivity index (χ2v) is 4.66. The first-order valence-electron chi connectivity index (χ1n) is 6.66. The maximum absolute atomic E-state index is 11.8. The van der Waals surface area contributed by atoms with Gasteiger partial charge in [0.2, 0.25) is 0 Å². The molecule has 0 saturated carbocycles. The number of Topliss-reactive ketones (excluding diaryl/α,β-unsaturated/α-hetero) is 1. The molecule has 0 fully saturated rings. The highest BCUT2D eigenvalue weighted by atomic mass is 16.5. The predicted molar refractivity (Wildman–Crippen MR) is 80.2 cm³/mol. The van der Waals surface area contributed by atoms with Gasteiger partial charge < -0.3 is 14.6 Å². The number of phenols is 1. The molecule has 114 valence electrons. The van der Waals surface area contributed by atoms with Gasteiger partial charge in [-0.2, -0.15) is 0 Å². The molecule has 0 saturated heterocycles. The smallest absolute Gasteiger partial charge is 0.342 e. The van der Waals surface area contributed by atoms with Gasteiger partial charge in [-0.25, -0.2) is 4.79 Å². The van der Waals surface area contributed by atoms with E-state index in [1.807, 2.05) is 30.3 Å². The second kappa shape index (κ2) is 6.76. The van der Waals surface area contributed by atoms with E-state index in [1.54, 1.807) is 0 Å². The second-order valence-electron chi connectivity index (χ2n) is 4.66. The van der Waals surface area contributed by atoms with E-state index in [0.717, 1.165) is 5.56 Å². The molecule has 0 spiro atoms. The highest BCUT2D eigenvalue weighted by molar-refractivity contribution is 6.07. The quantitative estimate of drug-likeness (QED) is 0.679. The fourth-order valence-electron chi connectivity index (χ4n) is 2.03. The molecule has 5 nitrogen and oxygen atoms in total. The number of hydrogen-bond acceptors (Lipinski definition) is 5. The van der Waals surface area contributed by atoms with Gasteiger partial charge in [-0.05, 0) is 24.6 Å². The summed E-state index contributed by atoms with van der Waals surface area (Å²) in [7, 11) is 1.18. The SMILES string of the molecule is COC(=O)c1c(C(C)=O)ccc(OCc2ccccc2)c1O. The van der Waals surface area contributed by atoms with Crippen LogP contribution < -0.4 is 4.74 Å². The molecular formula is C17H16O5. The molecule has 2 aromatic carbocycles. The maximum atomic E-state index is 11.8. The van der Waals surface area contributed by atoms with Gasteiger partial charge in [0.25, 0.3) is 0 Å². The fourth-order valence-corrected chi connectivity index (χ4v) is 2.03. The summed E-state index contributed by atoms with van der Waals surface area (Å²) in [5.41, 5.74) is 0.828. The maximum Gasteiger partial charge on any atom is 0.342 e. The summed E-state index contributed by atoms with van der Waals surface area (Å²) in [4.78, 5) is 23.4. The summed E-state index contributed by atoms with van der Waals surface area (Å²) >= 11 is 0. The first-order valence-corrected chi connectivity index (χ1v) is 6.66. The van der Waals surface area contributed by atoms with Gasteiger partial charge in [0, 0.05) is 5.56 Å². The number of carbonyl (C=O) groups excluding carboxylic acids is 2. The monoisotopic (exact) mass is 300 g/mol. The van der Waals surface area contributed by atoms with Crippen molar-refractivity contribution in [3.05, 3.63) is 59.2 Å². The summed E-state index contributed by atoms with van der Waals surface area (Å²) in [5, 5.41) is 10.2. The summed E-state index contributed by atoms with van der Waals surface area (Å²) in [6.07, 6.45) is 0. The molecule has 0 heterocycles. The Morgan fingerprint density at radius 2 is 1.77 bits per heavy atom. The molecular weight excluding hydrogens is 284 g/mol. The number of benzene rings is 2. The third-order valence-corrected chi connectivity index (χ3v) is 3.15. The average molecular weight is 300 g/mol. The minimum atomic E-state index is -0.784. The Morgan fingerprint density at radius 1 is 1.09 bits per heavy atom.